The number of imidazole rings is 1. The van der Waals surface area contributed by atoms with E-state index in [2.05, 4.69) is 19.6 Å². The maximum absolute atomic E-state index is 13.6. The van der Waals surface area contributed by atoms with Gasteiger partial charge in [-0.3, -0.25) is 19.4 Å². The number of ether oxygens (including phenoxy) is 1. The van der Waals surface area contributed by atoms with E-state index >= 15 is 0 Å². The number of aliphatic hydroxyl groups excluding tert-OH is 1. The lowest BCUT2D eigenvalue weighted by atomic mass is 9.99. The summed E-state index contributed by atoms with van der Waals surface area (Å²) in [5, 5.41) is 9.73. The smallest absolute Gasteiger partial charge is 0.281 e. The molecule has 0 spiro atoms. The number of carbonyl (C=O) groups is 1. The first-order chi connectivity index (χ1) is 18.1. The minimum Gasteiger partial charge on any atom is -0.486 e. The number of rotatable bonds is 9. The number of para-hydroxylation sites is 1. The van der Waals surface area contributed by atoms with Crippen molar-refractivity contribution in [3.8, 4) is 5.75 Å². The molecule has 3 atom stereocenters. The van der Waals surface area contributed by atoms with E-state index in [1.54, 1.807) is 49.5 Å². The summed E-state index contributed by atoms with van der Waals surface area (Å²) in [7, 11) is -0.382. The van der Waals surface area contributed by atoms with Crippen LogP contribution in [0.5, 0.6) is 5.75 Å². The number of aliphatic hydroxyl groups is 1. The number of nitrogens with one attached hydrogen (secondary N) is 1. The van der Waals surface area contributed by atoms with Gasteiger partial charge in [0.1, 0.15) is 6.10 Å². The summed E-state index contributed by atoms with van der Waals surface area (Å²) in [6.07, 6.45) is 5.89. The zero-order valence-corrected chi connectivity index (χ0v) is 22.8. The van der Waals surface area contributed by atoms with E-state index < -0.39 is 16.1 Å². The predicted octanol–water partition coefficient (Wildman–Crippen LogP) is 1.97. The molecular formula is C26H34N6O5S. The average Bonchev–Trinajstić information content (AvgIpc) is 3.34. The maximum Gasteiger partial charge on any atom is 0.281 e. The van der Waals surface area contributed by atoms with E-state index in [1.165, 1.54) is 17.1 Å². The molecule has 204 valence electrons. The van der Waals surface area contributed by atoms with Gasteiger partial charge < -0.3 is 19.3 Å². The van der Waals surface area contributed by atoms with Crippen molar-refractivity contribution in [2.24, 2.45) is 13.0 Å². The van der Waals surface area contributed by atoms with Gasteiger partial charge in [-0.15, -0.1) is 0 Å². The highest BCUT2D eigenvalue weighted by atomic mass is 32.2. The zero-order chi connectivity index (χ0) is 27.4. The normalized spacial score (nSPS) is 18.9. The number of sulfonamides is 1. The minimum atomic E-state index is -4.04. The van der Waals surface area contributed by atoms with Crippen LogP contribution in [0.25, 0.3) is 0 Å². The van der Waals surface area contributed by atoms with Crippen molar-refractivity contribution in [3.05, 3.63) is 66.4 Å². The van der Waals surface area contributed by atoms with Gasteiger partial charge in [0.15, 0.2) is 10.8 Å². The Labute approximate surface area is 223 Å². The molecule has 3 aromatic rings. The van der Waals surface area contributed by atoms with Crippen LogP contribution in [-0.2, 0) is 23.6 Å². The number of hydrogen-bond donors (Lipinski definition) is 2. The molecule has 4 rings (SSSR count). The Morgan fingerprint density at radius 1 is 1.26 bits per heavy atom. The summed E-state index contributed by atoms with van der Waals surface area (Å²) < 4.78 is 36.8. The van der Waals surface area contributed by atoms with Gasteiger partial charge in [-0.1, -0.05) is 13.0 Å². The van der Waals surface area contributed by atoms with Gasteiger partial charge in [0, 0.05) is 51.2 Å². The van der Waals surface area contributed by atoms with E-state index in [4.69, 9.17) is 4.74 Å². The van der Waals surface area contributed by atoms with Crippen LogP contribution in [0, 0.1) is 5.92 Å². The van der Waals surface area contributed by atoms with Gasteiger partial charge in [0.2, 0.25) is 0 Å². The van der Waals surface area contributed by atoms with Crippen molar-refractivity contribution < 1.29 is 23.1 Å². The van der Waals surface area contributed by atoms with Gasteiger partial charge >= 0.3 is 0 Å². The topological polar surface area (TPSA) is 130 Å². The van der Waals surface area contributed by atoms with Crippen LogP contribution >= 0.6 is 0 Å². The largest absolute Gasteiger partial charge is 0.486 e. The molecular weight excluding hydrogens is 508 g/mol. The van der Waals surface area contributed by atoms with Crippen molar-refractivity contribution in [2.75, 3.05) is 31.5 Å². The number of likely N-dealkylation sites (N-methyl/N-ethyl adjacent to an activating group) is 1. The van der Waals surface area contributed by atoms with Gasteiger partial charge in [0.25, 0.3) is 15.9 Å². The Bertz CT molecular complexity index is 1360. The minimum absolute atomic E-state index is 0.124. The first-order valence-corrected chi connectivity index (χ1v) is 13.9. The Balaban J connectivity index is 1.71. The molecule has 1 aliphatic heterocycles. The van der Waals surface area contributed by atoms with E-state index in [-0.39, 0.29) is 46.6 Å². The van der Waals surface area contributed by atoms with E-state index in [0.29, 0.717) is 19.6 Å². The SMILES string of the molecule is C[C@H](CO)N1C[C@H](C)[C@H](CN(C)Cc2ccncc2)Oc2c(NS(=O)(=O)c3cn(C)cn3)cccc2C1=O. The highest BCUT2D eigenvalue weighted by Crippen LogP contribution is 2.36. The van der Waals surface area contributed by atoms with E-state index in [0.717, 1.165) is 5.56 Å². The number of fused-ring (bicyclic) bond motifs is 1. The second kappa shape index (κ2) is 11.5. The van der Waals surface area contributed by atoms with Crippen molar-refractivity contribution >= 4 is 21.6 Å². The molecule has 1 aliphatic rings. The van der Waals surface area contributed by atoms with Gasteiger partial charge in [-0.25, -0.2) is 4.98 Å². The third-order valence-corrected chi connectivity index (χ3v) is 7.84. The number of nitrogens with zero attached hydrogens (tertiary/aromatic N) is 5. The highest BCUT2D eigenvalue weighted by Gasteiger charge is 2.35. The van der Waals surface area contributed by atoms with Crippen LogP contribution in [-0.4, -0.2) is 82.7 Å². The molecule has 2 aromatic heterocycles. The Morgan fingerprint density at radius 2 is 2.00 bits per heavy atom. The number of pyridine rings is 1. The summed E-state index contributed by atoms with van der Waals surface area (Å²) in [5.74, 6) is -0.307. The lowest BCUT2D eigenvalue weighted by Crippen LogP contribution is -2.49. The van der Waals surface area contributed by atoms with Crippen LogP contribution in [0.2, 0.25) is 0 Å². The van der Waals surface area contributed by atoms with Crippen molar-refractivity contribution in [3.63, 3.8) is 0 Å². The summed E-state index contributed by atoms with van der Waals surface area (Å²) in [5.41, 5.74) is 1.46. The zero-order valence-electron chi connectivity index (χ0n) is 22.0. The molecule has 0 saturated heterocycles. The first kappa shape index (κ1) is 27.6. The predicted molar refractivity (Wildman–Crippen MR) is 142 cm³/mol. The number of aryl methyl sites for hydroxylation is 1. The van der Waals surface area contributed by atoms with Crippen LogP contribution in [0.4, 0.5) is 5.69 Å². The van der Waals surface area contributed by atoms with Crippen molar-refractivity contribution in [2.45, 2.75) is 37.6 Å². The average molecular weight is 543 g/mol. The molecule has 0 unspecified atom stereocenters. The lowest BCUT2D eigenvalue weighted by Gasteiger charge is -2.38. The lowest BCUT2D eigenvalue weighted by molar-refractivity contribution is 0.0344. The molecule has 1 aromatic carbocycles. The molecule has 0 fully saturated rings. The monoisotopic (exact) mass is 542 g/mol. The number of amides is 1. The Morgan fingerprint density at radius 3 is 2.66 bits per heavy atom. The Kier molecular flexibility index (Phi) is 8.34. The Hall–Kier alpha value is -3.48. The fraction of sp³-hybridized carbons (Fsp3) is 0.423. The summed E-state index contributed by atoms with van der Waals surface area (Å²) in [4.78, 5) is 25.4. The molecule has 2 N–H and O–H groups in total. The first-order valence-electron chi connectivity index (χ1n) is 12.4. The van der Waals surface area contributed by atoms with Gasteiger partial charge in [0.05, 0.1) is 30.2 Å². The number of anilines is 1. The van der Waals surface area contributed by atoms with Gasteiger partial charge in [-0.05, 0) is 43.8 Å². The highest BCUT2D eigenvalue weighted by molar-refractivity contribution is 7.92. The molecule has 11 nitrogen and oxygen atoms in total. The third-order valence-electron chi connectivity index (χ3n) is 6.59. The van der Waals surface area contributed by atoms with Crippen molar-refractivity contribution in [1.82, 2.24) is 24.3 Å². The molecule has 0 radical (unpaired) electrons. The second-order valence-electron chi connectivity index (χ2n) is 9.84. The molecule has 0 saturated carbocycles. The van der Waals surface area contributed by atoms with E-state index in [1.807, 2.05) is 26.1 Å². The van der Waals surface area contributed by atoms with Crippen LogP contribution < -0.4 is 9.46 Å². The molecule has 1 amide bonds. The fourth-order valence-electron chi connectivity index (χ4n) is 4.44. The number of carbonyl (C=O) groups excluding carboxylic acids is 1. The second-order valence-corrected chi connectivity index (χ2v) is 11.5. The number of aromatic nitrogens is 3. The number of benzene rings is 1. The summed E-state index contributed by atoms with van der Waals surface area (Å²) in [6, 6.07) is 8.25. The standard InChI is InChI=1S/C26H34N6O5S/c1-18-12-32(19(2)16-33)26(34)21-6-5-7-22(29-38(35,36)24-15-31(4)17-28-24)25(21)37-23(18)14-30(3)13-20-8-10-27-11-9-20/h5-11,15,17-19,23,29,33H,12-14,16H2,1-4H3/t18-,19+,23-/m0/s1. The van der Waals surface area contributed by atoms with Gasteiger partial charge in [-0.2, -0.15) is 8.42 Å². The molecule has 0 aliphatic carbocycles. The quantitative estimate of drug-likeness (QED) is 0.420. The molecule has 3 heterocycles. The summed E-state index contributed by atoms with van der Waals surface area (Å²) >= 11 is 0. The van der Waals surface area contributed by atoms with Crippen LogP contribution in [0.15, 0.2) is 60.3 Å². The third kappa shape index (κ3) is 6.14. The van der Waals surface area contributed by atoms with Crippen LogP contribution in [0.3, 0.4) is 0 Å². The number of hydrogen-bond acceptors (Lipinski definition) is 8. The molecule has 0 bridgehead atoms. The van der Waals surface area contributed by atoms with E-state index in [9.17, 15) is 18.3 Å². The molecule has 38 heavy (non-hydrogen) atoms. The van der Waals surface area contributed by atoms with Crippen LogP contribution in [0.1, 0.15) is 29.8 Å². The van der Waals surface area contributed by atoms with Crippen molar-refractivity contribution in [1.29, 1.82) is 0 Å². The maximum atomic E-state index is 13.6. The molecule has 12 heteroatoms. The summed E-state index contributed by atoms with van der Waals surface area (Å²) in [6.45, 7) is 5.11. The fourth-order valence-corrected chi connectivity index (χ4v) is 5.48.